The van der Waals surface area contributed by atoms with E-state index in [1.807, 2.05) is 25.1 Å². The third-order valence-corrected chi connectivity index (χ3v) is 2.59. The van der Waals surface area contributed by atoms with E-state index in [0.717, 1.165) is 10.0 Å². The lowest BCUT2D eigenvalue weighted by Crippen LogP contribution is -2.21. The average Bonchev–Trinajstić information content (AvgIpc) is 2.20. The fourth-order valence-electron chi connectivity index (χ4n) is 1.42. The topological polar surface area (TPSA) is 78.3 Å². The fourth-order valence-corrected chi connectivity index (χ4v) is 1.80. The quantitative estimate of drug-likeness (QED) is 0.865. The van der Waals surface area contributed by atoms with Gasteiger partial charge < -0.3 is 16.2 Å². The number of carbonyl (C=O) groups is 1. The summed E-state index contributed by atoms with van der Waals surface area (Å²) in [6.07, 6.45) is 0.108. The van der Waals surface area contributed by atoms with E-state index in [9.17, 15) is 4.79 Å². The molecule has 0 bridgehead atoms. The molecule has 0 radical (unpaired) electrons. The van der Waals surface area contributed by atoms with Crippen molar-refractivity contribution < 1.29 is 9.53 Å². The van der Waals surface area contributed by atoms with E-state index in [1.165, 1.54) is 0 Å². The number of hydrogen-bond donors (Lipinski definition) is 2. The standard InChI is InChI=1S/C11H15BrN2O2/c1-2-16-10-4-3-7(12)5-8(10)9(13)6-11(14)15/h3-5,9H,2,6,13H2,1H3,(H2,14,15). The predicted molar refractivity (Wildman–Crippen MR) is 66.1 cm³/mol. The van der Waals surface area contributed by atoms with Crippen LogP contribution in [0.1, 0.15) is 24.9 Å². The van der Waals surface area contributed by atoms with E-state index in [2.05, 4.69) is 15.9 Å². The highest BCUT2D eigenvalue weighted by Crippen LogP contribution is 2.29. The number of primary amides is 1. The second kappa shape index (κ2) is 5.86. The van der Waals surface area contributed by atoms with Crippen LogP contribution in [0.4, 0.5) is 0 Å². The summed E-state index contributed by atoms with van der Waals surface area (Å²) in [5.41, 5.74) is 11.8. The van der Waals surface area contributed by atoms with Gasteiger partial charge in [0.2, 0.25) is 5.91 Å². The van der Waals surface area contributed by atoms with Crippen molar-refractivity contribution >= 4 is 21.8 Å². The summed E-state index contributed by atoms with van der Waals surface area (Å²) in [6, 6.07) is 5.10. The molecule has 0 heterocycles. The molecule has 5 heteroatoms. The van der Waals surface area contributed by atoms with E-state index >= 15 is 0 Å². The van der Waals surface area contributed by atoms with E-state index in [1.54, 1.807) is 0 Å². The zero-order valence-electron chi connectivity index (χ0n) is 9.07. The van der Waals surface area contributed by atoms with E-state index in [0.29, 0.717) is 12.4 Å². The summed E-state index contributed by atoms with van der Waals surface area (Å²) < 4.78 is 6.34. The van der Waals surface area contributed by atoms with Gasteiger partial charge in [0.15, 0.2) is 0 Å². The van der Waals surface area contributed by atoms with Gasteiger partial charge in [0, 0.05) is 22.5 Å². The molecule has 1 aromatic carbocycles. The van der Waals surface area contributed by atoms with Gasteiger partial charge in [-0.15, -0.1) is 0 Å². The maximum absolute atomic E-state index is 10.8. The smallest absolute Gasteiger partial charge is 0.219 e. The Balaban J connectivity index is 2.98. The molecule has 16 heavy (non-hydrogen) atoms. The number of ether oxygens (including phenoxy) is 1. The Bertz CT molecular complexity index is 382. The van der Waals surface area contributed by atoms with Crippen molar-refractivity contribution in [1.82, 2.24) is 0 Å². The van der Waals surface area contributed by atoms with Crippen LogP contribution in [0.25, 0.3) is 0 Å². The van der Waals surface area contributed by atoms with Gasteiger partial charge in [-0.2, -0.15) is 0 Å². The van der Waals surface area contributed by atoms with Gasteiger partial charge in [-0.3, -0.25) is 4.79 Å². The molecule has 0 spiro atoms. The predicted octanol–water partition coefficient (Wildman–Crippen LogP) is 1.72. The lowest BCUT2D eigenvalue weighted by Gasteiger charge is -2.15. The Kier molecular flexibility index (Phi) is 4.76. The minimum absolute atomic E-state index is 0.108. The second-order valence-corrected chi connectivity index (χ2v) is 4.31. The molecule has 1 aromatic rings. The maximum atomic E-state index is 10.8. The van der Waals surface area contributed by atoms with Crippen molar-refractivity contribution in [2.75, 3.05) is 6.61 Å². The number of amides is 1. The van der Waals surface area contributed by atoms with Gasteiger partial charge >= 0.3 is 0 Å². The average molecular weight is 287 g/mol. The SMILES string of the molecule is CCOc1ccc(Br)cc1C(N)CC(N)=O. The first kappa shape index (κ1) is 13.0. The molecule has 0 aliphatic heterocycles. The Labute approximate surface area is 103 Å². The highest BCUT2D eigenvalue weighted by atomic mass is 79.9. The van der Waals surface area contributed by atoms with Crippen molar-refractivity contribution in [2.24, 2.45) is 11.5 Å². The molecule has 1 atom stereocenters. The Morgan fingerprint density at radius 3 is 2.81 bits per heavy atom. The number of benzene rings is 1. The Morgan fingerprint density at radius 2 is 2.25 bits per heavy atom. The van der Waals surface area contributed by atoms with Crippen LogP contribution in [0.2, 0.25) is 0 Å². The Morgan fingerprint density at radius 1 is 1.56 bits per heavy atom. The molecule has 1 rings (SSSR count). The molecule has 0 aliphatic carbocycles. The molecule has 0 saturated carbocycles. The largest absolute Gasteiger partial charge is 0.494 e. The van der Waals surface area contributed by atoms with Crippen LogP contribution >= 0.6 is 15.9 Å². The second-order valence-electron chi connectivity index (χ2n) is 3.39. The van der Waals surface area contributed by atoms with Gasteiger partial charge in [-0.25, -0.2) is 0 Å². The summed E-state index contributed by atoms with van der Waals surface area (Å²) in [4.78, 5) is 10.8. The van der Waals surface area contributed by atoms with Crippen LogP contribution in [0.15, 0.2) is 22.7 Å². The molecule has 0 aromatic heterocycles. The molecule has 4 N–H and O–H groups in total. The van der Waals surface area contributed by atoms with Crippen LogP contribution in [-0.4, -0.2) is 12.5 Å². The van der Waals surface area contributed by atoms with Gasteiger partial charge in [0.1, 0.15) is 5.75 Å². The molecule has 0 saturated heterocycles. The first-order valence-electron chi connectivity index (χ1n) is 5.00. The molecule has 1 unspecified atom stereocenters. The molecular weight excluding hydrogens is 272 g/mol. The molecule has 0 aliphatic rings. The number of rotatable bonds is 5. The van der Waals surface area contributed by atoms with Crippen molar-refractivity contribution in [3.8, 4) is 5.75 Å². The van der Waals surface area contributed by atoms with E-state index < -0.39 is 11.9 Å². The van der Waals surface area contributed by atoms with Crippen molar-refractivity contribution in [2.45, 2.75) is 19.4 Å². The fraction of sp³-hybridized carbons (Fsp3) is 0.364. The maximum Gasteiger partial charge on any atom is 0.219 e. The first-order chi connectivity index (χ1) is 7.54. The van der Waals surface area contributed by atoms with Crippen molar-refractivity contribution in [1.29, 1.82) is 0 Å². The summed E-state index contributed by atoms with van der Waals surface area (Å²) in [7, 11) is 0. The minimum atomic E-state index is -0.434. The number of hydrogen-bond acceptors (Lipinski definition) is 3. The summed E-state index contributed by atoms with van der Waals surface area (Å²) >= 11 is 3.35. The lowest BCUT2D eigenvalue weighted by atomic mass is 10.0. The lowest BCUT2D eigenvalue weighted by molar-refractivity contribution is -0.118. The highest BCUT2D eigenvalue weighted by Gasteiger charge is 2.14. The monoisotopic (exact) mass is 286 g/mol. The van der Waals surface area contributed by atoms with Gasteiger partial charge in [0.05, 0.1) is 6.61 Å². The molecule has 88 valence electrons. The van der Waals surface area contributed by atoms with Crippen LogP contribution < -0.4 is 16.2 Å². The third kappa shape index (κ3) is 3.50. The first-order valence-corrected chi connectivity index (χ1v) is 5.80. The van der Waals surface area contributed by atoms with Crippen LogP contribution in [-0.2, 0) is 4.79 Å². The number of nitrogens with two attached hydrogens (primary N) is 2. The summed E-state index contributed by atoms with van der Waals surface area (Å²) in [5.74, 6) is 0.273. The molecule has 0 fully saturated rings. The Hall–Kier alpha value is -1.07. The number of halogens is 1. The number of carbonyl (C=O) groups excluding carboxylic acids is 1. The van der Waals surface area contributed by atoms with Crippen molar-refractivity contribution in [3.05, 3.63) is 28.2 Å². The summed E-state index contributed by atoms with van der Waals surface area (Å²) in [5, 5.41) is 0. The van der Waals surface area contributed by atoms with E-state index in [4.69, 9.17) is 16.2 Å². The summed E-state index contributed by atoms with van der Waals surface area (Å²) in [6.45, 7) is 2.45. The normalized spacial score (nSPS) is 12.2. The van der Waals surface area contributed by atoms with Gasteiger partial charge in [-0.05, 0) is 25.1 Å². The highest BCUT2D eigenvalue weighted by molar-refractivity contribution is 9.10. The van der Waals surface area contributed by atoms with Gasteiger partial charge in [0.25, 0.3) is 0 Å². The van der Waals surface area contributed by atoms with E-state index in [-0.39, 0.29) is 6.42 Å². The molecule has 4 nitrogen and oxygen atoms in total. The third-order valence-electron chi connectivity index (χ3n) is 2.09. The molecule has 1 amide bonds. The zero-order valence-corrected chi connectivity index (χ0v) is 10.7. The zero-order chi connectivity index (χ0) is 12.1. The van der Waals surface area contributed by atoms with Crippen LogP contribution in [0.3, 0.4) is 0 Å². The van der Waals surface area contributed by atoms with Crippen molar-refractivity contribution in [3.63, 3.8) is 0 Å². The van der Waals surface area contributed by atoms with Gasteiger partial charge in [-0.1, -0.05) is 15.9 Å². The van der Waals surface area contributed by atoms with Crippen LogP contribution in [0.5, 0.6) is 5.75 Å². The minimum Gasteiger partial charge on any atom is -0.494 e. The van der Waals surface area contributed by atoms with Crippen LogP contribution in [0, 0.1) is 0 Å². The molecular formula is C11H15BrN2O2.